The van der Waals surface area contributed by atoms with Crippen molar-refractivity contribution in [2.75, 3.05) is 13.7 Å². The van der Waals surface area contributed by atoms with Gasteiger partial charge in [-0.1, -0.05) is 12.1 Å². The van der Waals surface area contributed by atoms with E-state index in [1.165, 1.54) is 14.0 Å². The molecule has 0 atom stereocenters. The first-order valence-corrected chi connectivity index (χ1v) is 10.7. The summed E-state index contributed by atoms with van der Waals surface area (Å²) in [5.41, 5.74) is -6.55. The molecule has 202 valence electrons. The third-order valence-electron chi connectivity index (χ3n) is 4.71. The first-order valence-electron chi connectivity index (χ1n) is 14.7. The zero-order chi connectivity index (χ0) is 34.8. The molecule has 0 aliphatic carbocycles. The quantitative estimate of drug-likeness (QED) is 0.357. The van der Waals surface area contributed by atoms with E-state index in [0.29, 0.717) is 4.57 Å². The van der Waals surface area contributed by atoms with Crippen molar-refractivity contribution in [3.8, 4) is 5.75 Å². The minimum atomic E-state index is -3.76. The van der Waals surface area contributed by atoms with Crippen LogP contribution in [0, 0.1) is 12.7 Å². The van der Waals surface area contributed by atoms with Crippen LogP contribution in [0.2, 0.25) is 0 Å². The van der Waals surface area contributed by atoms with Gasteiger partial charge in [0.15, 0.2) is 5.69 Å². The molecule has 3 rings (SSSR count). The number of carbonyl (C=O) groups is 3. The standard InChI is InChI=1S/C24H27FN6O7/c1-13-29-30-21(37-13)20(34)28-24(2,3)23-27-17(19(33)26-12-14-6-8-15(25)9-7-14)18(22(35)31(23)4)38-16(32)10-11-36-5/h6-9H,10-12H2,1-5H3,(H,26,33)(H,28,34)/i2D3,3D3,12D2. The molecule has 0 fully saturated rings. The Labute approximate surface area is 227 Å². The van der Waals surface area contributed by atoms with Crippen LogP contribution < -0.4 is 20.9 Å². The maximum atomic E-state index is 13.6. The van der Waals surface area contributed by atoms with E-state index in [-0.39, 0.29) is 18.1 Å². The second-order valence-corrected chi connectivity index (χ2v) is 7.61. The molecule has 0 aliphatic heterocycles. The van der Waals surface area contributed by atoms with Crippen LogP contribution in [-0.2, 0) is 28.6 Å². The van der Waals surface area contributed by atoms with Crippen molar-refractivity contribution >= 4 is 17.8 Å². The highest BCUT2D eigenvalue weighted by atomic mass is 19.1. The lowest BCUT2D eigenvalue weighted by Gasteiger charge is -2.27. The van der Waals surface area contributed by atoms with Crippen LogP contribution in [-0.4, -0.2) is 51.2 Å². The van der Waals surface area contributed by atoms with Crippen LogP contribution in [0.5, 0.6) is 5.75 Å². The summed E-state index contributed by atoms with van der Waals surface area (Å²) in [7, 11) is 2.10. The Bertz CT molecular complexity index is 1680. The molecule has 14 heteroatoms. The van der Waals surface area contributed by atoms with Gasteiger partial charge in [0.2, 0.25) is 11.6 Å². The molecular weight excluding hydrogens is 503 g/mol. The van der Waals surface area contributed by atoms with Crippen LogP contribution in [0.1, 0.15) is 69.5 Å². The summed E-state index contributed by atoms with van der Waals surface area (Å²) in [5, 5.41) is 10.6. The fraction of sp³-hybridized carbons (Fsp3) is 0.375. The van der Waals surface area contributed by atoms with Crippen LogP contribution in [0.4, 0.5) is 4.39 Å². The van der Waals surface area contributed by atoms with E-state index >= 15 is 0 Å². The van der Waals surface area contributed by atoms with Gasteiger partial charge in [-0.3, -0.25) is 23.7 Å². The van der Waals surface area contributed by atoms with Crippen molar-refractivity contribution in [2.45, 2.75) is 39.1 Å². The highest BCUT2D eigenvalue weighted by Crippen LogP contribution is 2.22. The summed E-state index contributed by atoms with van der Waals surface area (Å²) in [4.78, 5) is 56.6. The number of ether oxygens (including phenoxy) is 2. The summed E-state index contributed by atoms with van der Waals surface area (Å²) >= 11 is 0. The smallest absolute Gasteiger partial charge is 0.313 e. The minimum absolute atomic E-state index is 0.141. The number of halogens is 1. The normalized spacial score (nSPS) is 15.4. The molecule has 2 amide bonds. The van der Waals surface area contributed by atoms with Gasteiger partial charge < -0.3 is 24.5 Å². The lowest BCUT2D eigenvalue weighted by atomic mass is 10.0. The second kappa shape index (κ2) is 11.7. The Morgan fingerprint density at radius 1 is 1.21 bits per heavy atom. The first-order chi connectivity index (χ1) is 21.2. The van der Waals surface area contributed by atoms with E-state index in [1.807, 2.05) is 10.6 Å². The summed E-state index contributed by atoms with van der Waals surface area (Å²) in [6.45, 7) is -9.22. The highest BCUT2D eigenvalue weighted by molar-refractivity contribution is 5.95. The molecule has 0 unspecified atom stereocenters. The fourth-order valence-corrected chi connectivity index (χ4v) is 2.90. The number of esters is 1. The van der Waals surface area contributed by atoms with Crippen molar-refractivity contribution in [1.82, 2.24) is 30.4 Å². The molecular formula is C24H27FN6O7. The average Bonchev–Trinajstić information content (AvgIpc) is 3.38. The van der Waals surface area contributed by atoms with E-state index < -0.39 is 84.5 Å². The average molecular weight is 539 g/mol. The predicted molar refractivity (Wildman–Crippen MR) is 129 cm³/mol. The summed E-state index contributed by atoms with van der Waals surface area (Å²) in [5.74, 6) is -8.33. The van der Waals surface area contributed by atoms with Gasteiger partial charge >= 0.3 is 17.8 Å². The maximum absolute atomic E-state index is 13.6. The zero-order valence-corrected chi connectivity index (χ0v) is 20.2. The molecule has 38 heavy (non-hydrogen) atoms. The van der Waals surface area contributed by atoms with Crippen molar-refractivity contribution < 1.29 is 43.6 Å². The molecule has 2 N–H and O–H groups in total. The van der Waals surface area contributed by atoms with Gasteiger partial charge in [0.05, 0.1) is 21.3 Å². The van der Waals surface area contributed by atoms with E-state index in [9.17, 15) is 23.6 Å². The number of hydrogen-bond acceptors (Lipinski definition) is 10. The third kappa shape index (κ3) is 6.64. The molecule has 13 nitrogen and oxygen atoms in total. The van der Waals surface area contributed by atoms with Gasteiger partial charge in [0.1, 0.15) is 11.6 Å². The number of aryl methyl sites for hydroxylation is 1. The van der Waals surface area contributed by atoms with E-state index in [4.69, 9.17) is 24.9 Å². The monoisotopic (exact) mass is 538 g/mol. The van der Waals surface area contributed by atoms with E-state index in [2.05, 4.69) is 15.2 Å². The van der Waals surface area contributed by atoms with Gasteiger partial charge in [-0.05, 0) is 31.4 Å². The largest absolute Gasteiger partial charge is 0.418 e. The number of aromatic nitrogens is 4. The Morgan fingerprint density at radius 3 is 2.53 bits per heavy atom. The summed E-state index contributed by atoms with van der Waals surface area (Å²) in [6, 6.07) is 3.78. The number of methoxy groups -OCH3 is 1. The fourth-order valence-electron chi connectivity index (χ4n) is 2.90. The number of carbonyl (C=O) groups excluding carboxylic acids is 3. The Hall–Kier alpha value is -4.46. The lowest BCUT2D eigenvalue weighted by molar-refractivity contribution is -0.135. The predicted octanol–water partition coefficient (Wildman–Crippen LogP) is 1.15. The Kier molecular flexibility index (Phi) is 5.78. The minimum Gasteiger partial charge on any atom is -0.418 e. The topological polar surface area (TPSA) is 168 Å². The number of amides is 2. The van der Waals surface area contributed by atoms with Gasteiger partial charge in [-0.25, -0.2) is 9.37 Å². The number of nitrogens with zero attached hydrogens (tertiary/aromatic N) is 4. The van der Waals surface area contributed by atoms with Crippen molar-refractivity contribution in [3.63, 3.8) is 0 Å². The third-order valence-corrected chi connectivity index (χ3v) is 4.71. The molecule has 0 radical (unpaired) electrons. The van der Waals surface area contributed by atoms with Gasteiger partial charge in [-0.15, -0.1) is 10.2 Å². The van der Waals surface area contributed by atoms with E-state index in [1.54, 1.807) is 0 Å². The maximum Gasteiger partial charge on any atom is 0.313 e. The SMILES string of the molecule is [2H]C([2H])(NC(=O)c1nc(C(NC(=O)c2nnc(C)o2)(C([2H])([2H])[2H])C([2H])([2H])[2H])n(C)c(=O)c1OC(=O)CCOC)c1ccc(F)cc1. The number of hydrogen-bond donors (Lipinski definition) is 2. The van der Waals surface area contributed by atoms with Gasteiger partial charge in [0.25, 0.3) is 11.5 Å². The molecule has 1 aromatic carbocycles. The van der Waals surface area contributed by atoms with Crippen LogP contribution >= 0.6 is 0 Å². The summed E-state index contributed by atoms with van der Waals surface area (Å²) < 4.78 is 94.4. The zero-order valence-electron chi connectivity index (χ0n) is 28.2. The first kappa shape index (κ1) is 18.7. The van der Waals surface area contributed by atoms with Crippen molar-refractivity contribution in [3.05, 3.63) is 69.3 Å². The Morgan fingerprint density at radius 2 is 1.92 bits per heavy atom. The van der Waals surface area contributed by atoms with E-state index in [0.717, 1.165) is 31.3 Å². The van der Waals surface area contributed by atoms with Crippen LogP contribution in [0.3, 0.4) is 0 Å². The lowest BCUT2D eigenvalue weighted by Crippen LogP contribution is -2.46. The number of nitrogens with one attached hydrogen (secondary N) is 2. The van der Waals surface area contributed by atoms with Crippen molar-refractivity contribution in [2.24, 2.45) is 7.05 Å². The molecule has 0 aliphatic rings. The molecule has 0 spiro atoms. The van der Waals surface area contributed by atoms with Crippen LogP contribution in [0.25, 0.3) is 0 Å². The van der Waals surface area contributed by atoms with Gasteiger partial charge in [-0.2, -0.15) is 0 Å². The highest BCUT2D eigenvalue weighted by Gasteiger charge is 2.33. The molecule has 2 heterocycles. The van der Waals surface area contributed by atoms with Crippen molar-refractivity contribution in [1.29, 1.82) is 0 Å². The second-order valence-electron chi connectivity index (χ2n) is 7.61. The molecule has 0 saturated heterocycles. The molecule has 2 aromatic heterocycles. The number of rotatable bonds is 10. The Balaban J connectivity index is 2.33. The molecule has 3 aromatic rings. The number of benzene rings is 1. The molecule has 0 bridgehead atoms. The summed E-state index contributed by atoms with van der Waals surface area (Å²) in [6.07, 6.45) is -0.451. The van der Waals surface area contributed by atoms with Gasteiger partial charge in [0, 0.05) is 35.8 Å². The molecule has 0 saturated carbocycles. The van der Waals surface area contributed by atoms with Crippen LogP contribution in [0.15, 0.2) is 33.5 Å².